The van der Waals surface area contributed by atoms with Crippen molar-refractivity contribution in [2.45, 2.75) is 18.4 Å². The topological polar surface area (TPSA) is 41.8 Å². The zero-order valence-electron chi connectivity index (χ0n) is 13.7. The van der Waals surface area contributed by atoms with Crippen LogP contribution in [-0.2, 0) is 16.6 Å². The van der Waals surface area contributed by atoms with Crippen molar-refractivity contribution in [2.75, 3.05) is 26.2 Å². The number of nitrogens with zero attached hydrogens (tertiary/aromatic N) is 1. The molecule has 128 valence electrons. The lowest BCUT2D eigenvalue weighted by atomic mass is 10.1. The Bertz CT molecular complexity index is 815. The zero-order valence-corrected chi connectivity index (χ0v) is 15.3. The lowest BCUT2D eigenvalue weighted by Gasteiger charge is -2.32. The molecule has 0 bridgehead atoms. The van der Waals surface area contributed by atoms with Crippen LogP contribution in [0, 0.1) is 6.92 Å². The van der Waals surface area contributed by atoms with Crippen molar-refractivity contribution in [3.63, 3.8) is 0 Å². The molecular formula is C18H22ClN2O2S+. The quantitative estimate of drug-likeness (QED) is 0.896. The van der Waals surface area contributed by atoms with Gasteiger partial charge >= 0.3 is 0 Å². The third kappa shape index (κ3) is 3.64. The summed E-state index contributed by atoms with van der Waals surface area (Å²) >= 11 is 6.07. The average Bonchev–Trinajstić information content (AvgIpc) is 2.58. The van der Waals surface area contributed by atoms with Crippen LogP contribution in [0.4, 0.5) is 0 Å². The fraction of sp³-hybridized carbons (Fsp3) is 0.333. The molecule has 0 radical (unpaired) electrons. The summed E-state index contributed by atoms with van der Waals surface area (Å²) in [7, 11) is -3.51. The van der Waals surface area contributed by atoms with Gasteiger partial charge < -0.3 is 4.90 Å². The maximum atomic E-state index is 12.8. The Morgan fingerprint density at radius 3 is 2.33 bits per heavy atom. The number of piperazine rings is 1. The molecule has 0 aromatic heterocycles. The van der Waals surface area contributed by atoms with Crippen molar-refractivity contribution in [1.82, 2.24) is 4.31 Å². The van der Waals surface area contributed by atoms with E-state index >= 15 is 0 Å². The summed E-state index contributed by atoms with van der Waals surface area (Å²) in [4.78, 5) is 1.61. The minimum Gasteiger partial charge on any atom is -0.329 e. The van der Waals surface area contributed by atoms with Gasteiger partial charge in [-0.1, -0.05) is 48.0 Å². The number of aryl methyl sites for hydroxylation is 1. The van der Waals surface area contributed by atoms with Crippen LogP contribution in [-0.4, -0.2) is 38.9 Å². The molecule has 1 aliphatic heterocycles. The molecule has 2 aromatic rings. The first kappa shape index (κ1) is 17.4. The maximum absolute atomic E-state index is 12.8. The predicted octanol–water partition coefficient (Wildman–Crippen LogP) is 1.74. The lowest BCUT2D eigenvalue weighted by molar-refractivity contribution is -0.917. The summed E-state index contributed by atoms with van der Waals surface area (Å²) in [6, 6.07) is 15.0. The van der Waals surface area contributed by atoms with Crippen LogP contribution in [0.15, 0.2) is 53.4 Å². The van der Waals surface area contributed by atoms with E-state index in [2.05, 4.69) is 25.1 Å². The van der Waals surface area contributed by atoms with E-state index in [1.54, 1.807) is 28.6 Å². The molecular weight excluding hydrogens is 344 g/mol. The van der Waals surface area contributed by atoms with Gasteiger partial charge in [0.1, 0.15) is 11.4 Å². The molecule has 0 aliphatic carbocycles. The fourth-order valence-electron chi connectivity index (χ4n) is 3.09. The summed E-state index contributed by atoms with van der Waals surface area (Å²) in [5, 5.41) is 0.284. The number of nitrogens with one attached hydrogen (secondary N) is 1. The molecule has 24 heavy (non-hydrogen) atoms. The third-order valence-electron chi connectivity index (χ3n) is 4.59. The highest BCUT2D eigenvalue weighted by molar-refractivity contribution is 7.89. The molecule has 6 heteroatoms. The Morgan fingerprint density at radius 2 is 1.67 bits per heavy atom. The normalized spacial score (nSPS) is 17.1. The van der Waals surface area contributed by atoms with Gasteiger partial charge in [-0.15, -0.1) is 0 Å². The Morgan fingerprint density at radius 1 is 1.04 bits per heavy atom. The second-order valence-electron chi connectivity index (χ2n) is 6.19. The van der Waals surface area contributed by atoms with E-state index in [-0.39, 0.29) is 9.92 Å². The molecule has 0 saturated carbocycles. The molecule has 2 aromatic carbocycles. The average molecular weight is 366 g/mol. The number of halogens is 1. The number of rotatable bonds is 4. The highest BCUT2D eigenvalue weighted by atomic mass is 35.5. The van der Waals surface area contributed by atoms with Gasteiger partial charge in [-0.3, -0.25) is 0 Å². The van der Waals surface area contributed by atoms with Crippen molar-refractivity contribution in [3.05, 3.63) is 64.7 Å². The highest BCUT2D eigenvalue weighted by Gasteiger charge is 2.31. The Kier molecular flexibility index (Phi) is 5.25. The van der Waals surface area contributed by atoms with Crippen LogP contribution in [0.5, 0.6) is 0 Å². The second-order valence-corrected chi connectivity index (χ2v) is 8.50. The van der Waals surface area contributed by atoms with Crippen LogP contribution in [0.1, 0.15) is 11.1 Å². The smallest absolute Gasteiger partial charge is 0.244 e. The second kappa shape index (κ2) is 7.23. The largest absolute Gasteiger partial charge is 0.329 e. The van der Waals surface area contributed by atoms with Gasteiger partial charge in [-0.2, -0.15) is 4.31 Å². The van der Waals surface area contributed by atoms with E-state index in [0.717, 1.165) is 19.6 Å². The Hall–Kier alpha value is -1.40. The molecule has 1 aliphatic rings. The van der Waals surface area contributed by atoms with Gasteiger partial charge in [0.25, 0.3) is 0 Å². The van der Waals surface area contributed by atoms with Crippen LogP contribution in [0.2, 0.25) is 5.02 Å². The van der Waals surface area contributed by atoms with E-state index in [0.29, 0.717) is 13.1 Å². The molecule has 0 unspecified atom stereocenters. The number of quaternary nitrogens is 1. The molecule has 1 saturated heterocycles. The molecule has 1 fully saturated rings. The minimum absolute atomic E-state index is 0.203. The van der Waals surface area contributed by atoms with Gasteiger partial charge in [-0.25, -0.2) is 8.42 Å². The van der Waals surface area contributed by atoms with E-state index in [1.807, 2.05) is 6.07 Å². The van der Waals surface area contributed by atoms with Crippen LogP contribution >= 0.6 is 11.6 Å². The van der Waals surface area contributed by atoms with E-state index in [1.165, 1.54) is 16.0 Å². The third-order valence-corrected chi connectivity index (χ3v) is 6.98. The SMILES string of the molecule is Cc1ccccc1C[NH+]1CCN(S(=O)(=O)c2ccccc2Cl)CC1. The first-order chi connectivity index (χ1) is 11.5. The number of benzene rings is 2. The van der Waals surface area contributed by atoms with E-state index in [4.69, 9.17) is 11.6 Å². The monoisotopic (exact) mass is 365 g/mol. The first-order valence-electron chi connectivity index (χ1n) is 8.11. The maximum Gasteiger partial charge on any atom is 0.244 e. The van der Waals surface area contributed by atoms with Crippen molar-refractivity contribution in [3.8, 4) is 0 Å². The standard InChI is InChI=1S/C18H21ClN2O2S/c1-15-6-2-3-7-16(15)14-20-10-12-21(13-11-20)24(22,23)18-9-5-4-8-17(18)19/h2-9H,10-14H2,1H3/p+1. The van der Waals surface area contributed by atoms with Gasteiger partial charge in [0, 0.05) is 5.56 Å². The highest BCUT2D eigenvalue weighted by Crippen LogP contribution is 2.24. The zero-order chi connectivity index (χ0) is 17.2. The summed E-state index contributed by atoms with van der Waals surface area (Å²) in [6.07, 6.45) is 0. The minimum atomic E-state index is -3.51. The fourth-order valence-corrected chi connectivity index (χ4v) is 5.03. The van der Waals surface area contributed by atoms with E-state index < -0.39 is 10.0 Å². The molecule has 0 amide bonds. The summed E-state index contributed by atoms with van der Waals surface area (Å²) in [6.45, 7) is 5.71. The van der Waals surface area contributed by atoms with E-state index in [9.17, 15) is 8.42 Å². The molecule has 1 heterocycles. The lowest BCUT2D eigenvalue weighted by Crippen LogP contribution is -3.13. The van der Waals surface area contributed by atoms with Gasteiger partial charge in [0.05, 0.1) is 31.2 Å². The van der Waals surface area contributed by atoms with Crippen LogP contribution in [0.25, 0.3) is 0 Å². The van der Waals surface area contributed by atoms with Crippen molar-refractivity contribution in [1.29, 1.82) is 0 Å². The molecule has 3 rings (SSSR count). The van der Waals surface area contributed by atoms with Crippen LogP contribution < -0.4 is 4.90 Å². The number of hydrogen-bond donors (Lipinski definition) is 1. The molecule has 4 nitrogen and oxygen atoms in total. The summed E-state index contributed by atoms with van der Waals surface area (Å²) in [5.41, 5.74) is 2.62. The van der Waals surface area contributed by atoms with Gasteiger partial charge in [0.15, 0.2) is 0 Å². The first-order valence-corrected chi connectivity index (χ1v) is 9.93. The van der Waals surface area contributed by atoms with Crippen LogP contribution in [0.3, 0.4) is 0 Å². The van der Waals surface area contributed by atoms with Crippen molar-refractivity contribution < 1.29 is 13.3 Å². The number of hydrogen-bond acceptors (Lipinski definition) is 2. The van der Waals surface area contributed by atoms with Gasteiger partial charge in [0.2, 0.25) is 10.0 Å². The number of sulfonamides is 1. The summed E-state index contributed by atoms with van der Waals surface area (Å²) < 4.78 is 27.1. The predicted molar refractivity (Wildman–Crippen MR) is 95.8 cm³/mol. The molecule has 0 spiro atoms. The molecule has 0 atom stereocenters. The van der Waals surface area contributed by atoms with Crippen molar-refractivity contribution >= 4 is 21.6 Å². The van der Waals surface area contributed by atoms with Crippen molar-refractivity contribution in [2.24, 2.45) is 0 Å². The Labute approximate surface area is 148 Å². The summed E-state index contributed by atoms with van der Waals surface area (Å²) in [5.74, 6) is 0. The molecule has 1 N–H and O–H groups in total. The Balaban J connectivity index is 1.67. The van der Waals surface area contributed by atoms with Gasteiger partial charge in [-0.05, 0) is 24.6 Å².